The van der Waals surface area contributed by atoms with Crippen molar-refractivity contribution in [3.05, 3.63) is 29.6 Å². The molecule has 106 valence electrons. The van der Waals surface area contributed by atoms with Crippen molar-refractivity contribution in [3.63, 3.8) is 0 Å². The standard InChI is InChI=1S/C14H23N3OS/c1-4-11(2)17(7-8-18-3)10-12-5-6-16-13(9-12)14(15)19/h5-6,9,11H,4,7-8,10H2,1-3H3,(H2,15,19). The normalized spacial score (nSPS) is 12.6. The van der Waals surface area contributed by atoms with Gasteiger partial charge in [0.05, 0.1) is 12.3 Å². The maximum Gasteiger partial charge on any atom is 0.122 e. The maximum atomic E-state index is 5.61. The van der Waals surface area contributed by atoms with Gasteiger partial charge in [0, 0.05) is 32.4 Å². The van der Waals surface area contributed by atoms with Gasteiger partial charge in [0.1, 0.15) is 4.99 Å². The second-order valence-corrected chi connectivity index (χ2v) is 5.07. The van der Waals surface area contributed by atoms with Crippen LogP contribution in [0, 0.1) is 0 Å². The van der Waals surface area contributed by atoms with E-state index in [-0.39, 0.29) is 0 Å². The molecule has 1 unspecified atom stereocenters. The van der Waals surface area contributed by atoms with E-state index in [4.69, 9.17) is 22.7 Å². The van der Waals surface area contributed by atoms with Crippen molar-refractivity contribution < 1.29 is 4.74 Å². The van der Waals surface area contributed by atoms with Crippen molar-refractivity contribution in [2.45, 2.75) is 32.9 Å². The zero-order valence-electron chi connectivity index (χ0n) is 11.9. The Labute approximate surface area is 121 Å². The largest absolute Gasteiger partial charge is 0.388 e. The molecule has 1 aromatic rings. The van der Waals surface area contributed by atoms with Crippen molar-refractivity contribution in [1.29, 1.82) is 0 Å². The van der Waals surface area contributed by atoms with E-state index >= 15 is 0 Å². The third-order valence-electron chi connectivity index (χ3n) is 3.26. The van der Waals surface area contributed by atoms with E-state index in [0.29, 0.717) is 16.7 Å². The minimum absolute atomic E-state index is 0.342. The molecule has 0 aliphatic heterocycles. The summed E-state index contributed by atoms with van der Waals surface area (Å²) in [6.07, 6.45) is 2.87. The van der Waals surface area contributed by atoms with Gasteiger partial charge in [-0.25, -0.2) is 0 Å². The molecule has 4 nitrogen and oxygen atoms in total. The smallest absolute Gasteiger partial charge is 0.122 e. The Bertz CT molecular complexity index is 411. The van der Waals surface area contributed by atoms with Crippen molar-refractivity contribution in [1.82, 2.24) is 9.88 Å². The molecule has 0 bridgehead atoms. The lowest BCUT2D eigenvalue weighted by Gasteiger charge is -2.28. The molecular formula is C14H23N3OS. The lowest BCUT2D eigenvalue weighted by molar-refractivity contribution is 0.118. The Hall–Kier alpha value is -1.04. The van der Waals surface area contributed by atoms with Crippen LogP contribution in [0.5, 0.6) is 0 Å². The molecule has 0 amide bonds. The fourth-order valence-corrected chi connectivity index (χ4v) is 1.98. The Balaban J connectivity index is 2.77. The van der Waals surface area contributed by atoms with Crippen LogP contribution in [-0.4, -0.2) is 41.2 Å². The first kappa shape index (κ1) is 16.0. The summed E-state index contributed by atoms with van der Waals surface area (Å²) in [7, 11) is 1.73. The summed E-state index contributed by atoms with van der Waals surface area (Å²) in [6.45, 7) is 6.92. The Morgan fingerprint density at radius 1 is 1.58 bits per heavy atom. The number of ether oxygens (including phenoxy) is 1. The lowest BCUT2D eigenvalue weighted by atomic mass is 10.1. The third kappa shape index (κ3) is 5.22. The SMILES string of the molecule is CCC(C)N(CCOC)Cc1ccnc(C(N)=S)c1. The van der Waals surface area contributed by atoms with Gasteiger partial charge < -0.3 is 10.5 Å². The number of hydrogen-bond acceptors (Lipinski definition) is 4. The molecule has 1 atom stereocenters. The molecule has 0 aromatic carbocycles. The minimum atomic E-state index is 0.342. The summed E-state index contributed by atoms with van der Waals surface area (Å²) in [6, 6.07) is 4.48. The molecule has 1 aromatic heterocycles. The Morgan fingerprint density at radius 3 is 2.89 bits per heavy atom. The summed E-state index contributed by atoms with van der Waals surface area (Å²) in [5, 5.41) is 0. The van der Waals surface area contributed by atoms with Crippen LogP contribution in [0.4, 0.5) is 0 Å². The van der Waals surface area contributed by atoms with E-state index in [0.717, 1.165) is 26.1 Å². The quantitative estimate of drug-likeness (QED) is 0.738. The summed E-state index contributed by atoms with van der Waals surface area (Å²) in [4.78, 5) is 6.90. The third-order valence-corrected chi connectivity index (χ3v) is 3.47. The van der Waals surface area contributed by atoms with E-state index in [1.54, 1.807) is 13.3 Å². The monoisotopic (exact) mass is 281 g/mol. The van der Waals surface area contributed by atoms with E-state index in [9.17, 15) is 0 Å². The number of rotatable bonds is 8. The van der Waals surface area contributed by atoms with Gasteiger partial charge in [-0.3, -0.25) is 9.88 Å². The number of hydrogen-bond donors (Lipinski definition) is 1. The number of pyridine rings is 1. The van der Waals surface area contributed by atoms with E-state index in [2.05, 4.69) is 23.7 Å². The van der Waals surface area contributed by atoms with Crippen LogP contribution in [0.2, 0.25) is 0 Å². The van der Waals surface area contributed by atoms with Gasteiger partial charge in [-0.05, 0) is 31.0 Å². The van der Waals surface area contributed by atoms with Gasteiger partial charge in [0.25, 0.3) is 0 Å². The summed E-state index contributed by atoms with van der Waals surface area (Å²) in [5.74, 6) is 0. The fraction of sp³-hybridized carbons (Fsp3) is 0.571. The average molecular weight is 281 g/mol. The van der Waals surface area contributed by atoms with E-state index in [1.165, 1.54) is 5.56 Å². The topological polar surface area (TPSA) is 51.4 Å². The maximum absolute atomic E-state index is 5.61. The first-order valence-electron chi connectivity index (χ1n) is 6.56. The predicted octanol–water partition coefficient (Wildman–Crippen LogP) is 1.96. The molecule has 5 heteroatoms. The van der Waals surface area contributed by atoms with Crippen LogP contribution >= 0.6 is 12.2 Å². The highest BCUT2D eigenvalue weighted by atomic mass is 32.1. The summed E-state index contributed by atoms with van der Waals surface area (Å²) >= 11 is 4.96. The average Bonchev–Trinajstić information content (AvgIpc) is 2.42. The molecular weight excluding hydrogens is 258 g/mol. The molecule has 1 heterocycles. The summed E-state index contributed by atoms with van der Waals surface area (Å²) in [5.41, 5.74) is 7.47. The van der Waals surface area contributed by atoms with Gasteiger partial charge in [-0.15, -0.1) is 0 Å². The van der Waals surface area contributed by atoms with Crippen LogP contribution in [0.1, 0.15) is 31.5 Å². The molecule has 1 rings (SSSR count). The molecule has 0 radical (unpaired) electrons. The molecule has 19 heavy (non-hydrogen) atoms. The second kappa shape index (κ2) is 8.19. The first-order valence-corrected chi connectivity index (χ1v) is 6.97. The van der Waals surface area contributed by atoms with Crippen molar-refractivity contribution in [2.75, 3.05) is 20.3 Å². The fourth-order valence-electron chi connectivity index (χ4n) is 1.86. The van der Waals surface area contributed by atoms with Crippen molar-refractivity contribution in [2.24, 2.45) is 5.73 Å². The van der Waals surface area contributed by atoms with E-state index < -0.39 is 0 Å². The van der Waals surface area contributed by atoms with Crippen molar-refractivity contribution >= 4 is 17.2 Å². The lowest BCUT2D eigenvalue weighted by Crippen LogP contribution is -2.35. The minimum Gasteiger partial charge on any atom is -0.388 e. The first-order chi connectivity index (χ1) is 9.08. The molecule has 0 aliphatic rings. The zero-order valence-corrected chi connectivity index (χ0v) is 12.7. The zero-order chi connectivity index (χ0) is 14.3. The van der Waals surface area contributed by atoms with Crippen LogP contribution in [-0.2, 0) is 11.3 Å². The number of aromatic nitrogens is 1. The molecule has 0 saturated heterocycles. The Morgan fingerprint density at radius 2 is 2.32 bits per heavy atom. The van der Waals surface area contributed by atoms with E-state index in [1.807, 2.05) is 12.1 Å². The van der Waals surface area contributed by atoms with Crippen LogP contribution in [0.15, 0.2) is 18.3 Å². The molecule has 0 aliphatic carbocycles. The second-order valence-electron chi connectivity index (χ2n) is 4.63. The Kier molecular flexibility index (Phi) is 6.91. The van der Waals surface area contributed by atoms with Gasteiger partial charge in [-0.2, -0.15) is 0 Å². The predicted molar refractivity (Wildman–Crippen MR) is 82.2 cm³/mol. The number of thiocarbonyl (C=S) groups is 1. The van der Waals surface area contributed by atoms with Crippen LogP contribution in [0.25, 0.3) is 0 Å². The number of nitrogens with zero attached hydrogens (tertiary/aromatic N) is 2. The van der Waals surface area contributed by atoms with Crippen LogP contribution in [0.3, 0.4) is 0 Å². The highest BCUT2D eigenvalue weighted by Crippen LogP contribution is 2.11. The number of nitrogens with two attached hydrogens (primary N) is 1. The molecule has 0 spiro atoms. The number of methoxy groups -OCH3 is 1. The van der Waals surface area contributed by atoms with Gasteiger partial charge in [-0.1, -0.05) is 19.1 Å². The molecule has 2 N–H and O–H groups in total. The van der Waals surface area contributed by atoms with Gasteiger partial charge >= 0.3 is 0 Å². The van der Waals surface area contributed by atoms with Crippen LogP contribution < -0.4 is 5.73 Å². The molecule has 0 saturated carbocycles. The summed E-state index contributed by atoms with van der Waals surface area (Å²) < 4.78 is 5.17. The van der Waals surface area contributed by atoms with Crippen molar-refractivity contribution in [3.8, 4) is 0 Å². The molecule has 0 fully saturated rings. The highest BCUT2D eigenvalue weighted by molar-refractivity contribution is 7.80. The van der Waals surface area contributed by atoms with Gasteiger partial charge in [0.15, 0.2) is 0 Å². The van der Waals surface area contributed by atoms with Gasteiger partial charge in [0.2, 0.25) is 0 Å². The highest BCUT2D eigenvalue weighted by Gasteiger charge is 2.13.